The van der Waals surface area contributed by atoms with Gasteiger partial charge in [-0.05, 0) is 31.0 Å². The minimum Gasteiger partial charge on any atom is -0.380 e. The van der Waals surface area contributed by atoms with Gasteiger partial charge in [0.25, 0.3) is 0 Å². The lowest BCUT2D eigenvalue weighted by molar-refractivity contribution is 0.152. The number of nitrogens with one attached hydrogen (secondary N) is 2. The van der Waals surface area contributed by atoms with Crippen LogP contribution in [0.3, 0.4) is 0 Å². The van der Waals surface area contributed by atoms with Crippen LogP contribution in [0.2, 0.25) is 0 Å². The molecule has 2 aromatic rings. The van der Waals surface area contributed by atoms with Gasteiger partial charge in [-0.2, -0.15) is 5.10 Å². The Morgan fingerprint density at radius 1 is 1.17 bits per heavy atom. The van der Waals surface area contributed by atoms with Crippen LogP contribution in [-0.4, -0.2) is 42.0 Å². The molecule has 0 atom stereocenters. The van der Waals surface area contributed by atoms with Crippen molar-refractivity contribution >= 4 is 5.96 Å². The fraction of sp³-hybridized carbons (Fsp3) is 0.444. The summed E-state index contributed by atoms with van der Waals surface area (Å²) in [6.07, 6.45) is 3.77. The van der Waals surface area contributed by atoms with E-state index in [9.17, 15) is 0 Å². The number of nitrogens with zero attached hydrogens (tertiary/aromatic N) is 3. The van der Waals surface area contributed by atoms with Gasteiger partial charge >= 0.3 is 0 Å². The third-order valence-electron chi connectivity index (χ3n) is 3.50. The zero-order chi connectivity index (χ0) is 17.0. The highest BCUT2D eigenvalue weighted by Crippen LogP contribution is 2.11. The molecular formula is C18H27N5O. The molecule has 1 heterocycles. The van der Waals surface area contributed by atoms with E-state index in [0.717, 1.165) is 32.2 Å². The molecular weight excluding hydrogens is 302 g/mol. The first-order chi connectivity index (χ1) is 11.8. The van der Waals surface area contributed by atoms with Crippen LogP contribution in [0.5, 0.6) is 0 Å². The Bertz CT molecular complexity index is 610. The Kier molecular flexibility index (Phi) is 7.83. The number of rotatable bonds is 9. The second kappa shape index (κ2) is 10.4. The van der Waals surface area contributed by atoms with E-state index in [-0.39, 0.29) is 0 Å². The van der Waals surface area contributed by atoms with Gasteiger partial charge < -0.3 is 15.4 Å². The van der Waals surface area contributed by atoms with Crippen LogP contribution < -0.4 is 10.6 Å². The van der Waals surface area contributed by atoms with E-state index in [1.165, 1.54) is 11.1 Å². The fourth-order valence-electron chi connectivity index (χ4n) is 2.33. The first kappa shape index (κ1) is 18.0. The minimum atomic E-state index is 0.626. The van der Waals surface area contributed by atoms with Gasteiger partial charge in [-0.1, -0.05) is 24.3 Å². The second-order valence-electron chi connectivity index (χ2n) is 5.29. The smallest absolute Gasteiger partial charge is 0.191 e. The molecule has 0 aliphatic rings. The third-order valence-corrected chi connectivity index (χ3v) is 3.50. The van der Waals surface area contributed by atoms with Gasteiger partial charge in [-0.15, -0.1) is 0 Å². The normalized spacial score (nSPS) is 11.5. The molecule has 0 unspecified atom stereocenters. The summed E-state index contributed by atoms with van der Waals surface area (Å²) < 4.78 is 7.27. The Balaban J connectivity index is 1.99. The van der Waals surface area contributed by atoms with Crippen molar-refractivity contribution < 1.29 is 4.74 Å². The number of aliphatic imine (C=N–C) groups is 1. The van der Waals surface area contributed by atoms with E-state index in [2.05, 4.69) is 45.8 Å². The van der Waals surface area contributed by atoms with Crippen molar-refractivity contribution in [2.24, 2.45) is 4.99 Å². The average Bonchev–Trinajstić information content (AvgIpc) is 3.10. The van der Waals surface area contributed by atoms with Gasteiger partial charge in [0, 0.05) is 32.1 Å². The monoisotopic (exact) mass is 329 g/mol. The molecule has 0 fully saturated rings. The number of benzene rings is 1. The highest BCUT2D eigenvalue weighted by Gasteiger charge is 2.03. The summed E-state index contributed by atoms with van der Waals surface area (Å²) in [6.45, 7) is 8.42. The maximum absolute atomic E-state index is 5.35. The molecule has 0 amide bonds. The van der Waals surface area contributed by atoms with Gasteiger partial charge in [0.05, 0.1) is 19.7 Å². The van der Waals surface area contributed by atoms with Gasteiger partial charge in [0.15, 0.2) is 5.96 Å². The van der Waals surface area contributed by atoms with E-state index in [1.807, 2.05) is 29.9 Å². The standard InChI is InChI=1S/C18H27N5O/c1-3-19-18(20-11-13-24-4-2)21-14-16-8-5-6-9-17(16)15-23-12-7-10-22-23/h5-10,12H,3-4,11,13-15H2,1-2H3,(H2,19,20,21). The number of aromatic nitrogens is 2. The summed E-state index contributed by atoms with van der Waals surface area (Å²) in [4.78, 5) is 4.68. The molecule has 6 nitrogen and oxygen atoms in total. The van der Waals surface area contributed by atoms with Crippen LogP contribution in [0.25, 0.3) is 0 Å². The quantitative estimate of drug-likeness (QED) is 0.420. The number of ether oxygens (including phenoxy) is 1. The van der Waals surface area contributed by atoms with E-state index in [0.29, 0.717) is 13.2 Å². The van der Waals surface area contributed by atoms with Crippen molar-refractivity contribution in [2.45, 2.75) is 26.9 Å². The van der Waals surface area contributed by atoms with E-state index in [4.69, 9.17) is 4.74 Å². The summed E-state index contributed by atoms with van der Waals surface area (Å²) in [5.41, 5.74) is 2.44. The number of guanidine groups is 1. The van der Waals surface area contributed by atoms with Crippen LogP contribution in [0.15, 0.2) is 47.7 Å². The van der Waals surface area contributed by atoms with Crippen molar-refractivity contribution in [1.82, 2.24) is 20.4 Å². The van der Waals surface area contributed by atoms with E-state index < -0.39 is 0 Å². The maximum Gasteiger partial charge on any atom is 0.191 e. The molecule has 0 aliphatic heterocycles. The second-order valence-corrected chi connectivity index (χ2v) is 5.29. The van der Waals surface area contributed by atoms with Gasteiger partial charge in [0.2, 0.25) is 0 Å². The third kappa shape index (κ3) is 6.04. The Morgan fingerprint density at radius 3 is 2.71 bits per heavy atom. The molecule has 2 N–H and O–H groups in total. The van der Waals surface area contributed by atoms with Crippen molar-refractivity contribution in [3.8, 4) is 0 Å². The van der Waals surface area contributed by atoms with Gasteiger partial charge in [0.1, 0.15) is 0 Å². The minimum absolute atomic E-state index is 0.626. The van der Waals surface area contributed by atoms with E-state index >= 15 is 0 Å². The van der Waals surface area contributed by atoms with Crippen LogP contribution in [0.4, 0.5) is 0 Å². The summed E-state index contributed by atoms with van der Waals surface area (Å²) in [7, 11) is 0. The average molecular weight is 329 g/mol. The molecule has 0 saturated heterocycles. The largest absolute Gasteiger partial charge is 0.380 e. The predicted molar refractivity (Wildman–Crippen MR) is 97.1 cm³/mol. The lowest BCUT2D eigenvalue weighted by atomic mass is 10.1. The first-order valence-electron chi connectivity index (χ1n) is 8.47. The molecule has 1 aromatic carbocycles. The highest BCUT2D eigenvalue weighted by molar-refractivity contribution is 5.79. The predicted octanol–water partition coefficient (Wildman–Crippen LogP) is 2.02. The summed E-state index contributed by atoms with van der Waals surface area (Å²) in [5, 5.41) is 10.8. The molecule has 24 heavy (non-hydrogen) atoms. The highest BCUT2D eigenvalue weighted by atomic mass is 16.5. The number of hydrogen-bond donors (Lipinski definition) is 2. The van der Waals surface area contributed by atoms with Crippen molar-refractivity contribution in [3.05, 3.63) is 53.9 Å². The topological polar surface area (TPSA) is 63.5 Å². The molecule has 0 bridgehead atoms. The van der Waals surface area contributed by atoms with Crippen LogP contribution in [-0.2, 0) is 17.8 Å². The van der Waals surface area contributed by atoms with E-state index in [1.54, 1.807) is 6.20 Å². The van der Waals surface area contributed by atoms with Gasteiger partial charge in [-0.25, -0.2) is 4.99 Å². The Hall–Kier alpha value is -2.34. The van der Waals surface area contributed by atoms with Crippen molar-refractivity contribution in [3.63, 3.8) is 0 Å². The molecule has 0 spiro atoms. The zero-order valence-electron chi connectivity index (χ0n) is 14.5. The molecule has 0 saturated carbocycles. The molecule has 0 radical (unpaired) electrons. The Labute approximate surface area is 143 Å². The lowest BCUT2D eigenvalue weighted by Crippen LogP contribution is -2.39. The van der Waals surface area contributed by atoms with Gasteiger partial charge in [-0.3, -0.25) is 4.68 Å². The summed E-state index contributed by atoms with van der Waals surface area (Å²) in [6, 6.07) is 10.3. The van der Waals surface area contributed by atoms with Crippen LogP contribution in [0.1, 0.15) is 25.0 Å². The molecule has 2 rings (SSSR count). The molecule has 6 heteroatoms. The number of hydrogen-bond acceptors (Lipinski definition) is 3. The fourth-order valence-corrected chi connectivity index (χ4v) is 2.33. The summed E-state index contributed by atoms with van der Waals surface area (Å²) in [5.74, 6) is 0.811. The summed E-state index contributed by atoms with van der Waals surface area (Å²) >= 11 is 0. The van der Waals surface area contributed by atoms with Crippen LogP contribution >= 0.6 is 0 Å². The molecule has 130 valence electrons. The zero-order valence-corrected chi connectivity index (χ0v) is 14.5. The Morgan fingerprint density at radius 2 is 2.00 bits per heavy atom. The maximum atomic E-state index is 5.35. The van der Waals surface area contributed by atoms with Crippen molar-refractivity contribution in [1.29, 1.82) is 0 Å². The lowest BCUT2D eigenvalue weighted by Gasteiger charge is -2.12. The SMILES string of the molecule is CCNC(=NCc1ccccc1Cn1cccn1)NCCOCC. The van der Waals surface area contributed by atoms with Crippen LogP contribution in [0, 0.1) is 0 Å². The van der Waals surface area contributed by atoms with Crippen molar-refractivity contribution in [2.75, 3.05) is 26.3 Å². The molecule has 0 aliphatic carbocycles. The first-order valence-corrected chi connectivity index (χ1v) is 8.47. The molecule has 1 aromatic heterocycles.